The molecule has 21 heavy (non-hydrogen) atoms. The van der Waals surface area contributed by atoms with E-state index in [2.05, 4.69) is 19.1 Å². The first-order valence-corrected chi connectivity index (χ1v) is 7.46. The Hall–Kier alpha value is -1.84. The lowest BCUT2D eigenvalue weighted by molar-refractivity contribution is -0.136. The molecule has 2 amide bonds. The number of nitrogens with zero attached hydrogens (tertiary/aromatic N) is 2. The van der Waals surface area contributed by atoms with Gasteiger partial charge in [-0.15, -0.1) is 0 Å². The Morgan fingerprint density at radius 3 is 2.57 bits per heavy atom. The molecule has 0 saturated carbocycles. The van der Waals surface area contributed by atoms with Crippen molar-refractivity contribution in [2.24, 2.45) is 0 Å². The summed E-state index contributed by atoms with van der Waals surface area (Å²) in [6, 6.07) is 10.3. The molecule has 1 heterocycles. The van der Waals surface area contributed by atoms with Gasteiger partial charge in [0.25, 0.3) is 0 Å². The van der Waals surface area contributed by atoms with E-state index in [9.17, 15) is 9.59 Å². The highest BCUT2D eigenvalue weighted by atomic mass is 16.2. The highest BCUT2D eigenvalue weighted by Crippen LogP contribution is 2.34. The smallest absolute Gasteiger partial charge is 0.223 e. The number of piperidine rings is 1. The number of hydrogen-bond acceptors (Lipinski definition) is 2. The van der Waals surface area contributed by atoms with E-state index in [1.165, 1.54) is 5.56 Å². The SMILES string of the molecule is CN(C)C(=O)CCN1C[C@@](C)(c2ccccc2)CCC1=O. The lowest BCUT2D eigenvalue weighted by Gasteiger charge is -2.40. The van der Waals surface area contributed by atoms with E-state index >= 15 is 0 Å². The van der Waals surface area contributed by atoms with Crippen molar-refractivity contribution < 1.29 is 9.59 Å². The minimum Gasteiger partial charge on any atom is -0.349 e. The summed E-state index contributed by atoms with van der Waals surface area (Å²) in [7, 11) is 3.49. The Morgan fingerprint density at radius 1 is 1.29 bits per heavy atom. The second-order valence-corrected chi connectivity index (χ2v) is 6.28. The van der Waals surface area contributed by atoms with Crippen LogP contribution in [0.1, 0.15) is 31.7 Å². The van der Waals surface area contributed by atoms with Crippen molar-refractivity contribution in [2.75, 3.05) is 27.2 Å². The molecule has 2 rings (SSSR count). The average molecular weight is 288 g/mol. The highest BCUT2D eigenvalue weighted by Gasteiger charge is 2.36. The minimum atomic E-state index is -0.0175. The van der Waals surface area contributed by atoms with Crippen LogP contribution in [-0.2, 0) is 15.0 Å². The maximum Gasteiger partial charge on any atom is 0.223 e. The molecule has 0 unspecified atom stereocenters. The van der Waals surface area contributed by atoms with E-state index in [0.717, 1.165) is 6.42 Å². The van der Waals surface area contributed by atoms with Gasteiger partial charge in [0.1, 0.15) is 0 Å². The summed E-state index contributed by atoms with van der Waals surface area (Å²) in [4.78, 5) is 27.2. The van der Waals surface area contributed by atoms with Crippen LogP contribution in [0.4, 0.5) is 0 Å². The molecule has 1 saturated heterocycles. The molecule has 0 aliphatic carbocycles. The predicted molar refractivity (Wildman–Crippen MR) is 82.9 cm³/mol. The van der Waals surface area contributed by atoms with Crippen LogP contribution in [0.5, 0.6) is 0 Å². The molecule has 0 bridgehead atoms. The zero-order valence-electron chi connectivity index (χ0n) is 13.1. The number of likely N-dealkylation sites (tertiary alicyclic amines) is 1. The average Bonchev–Trinajstić information content (AvgIpc) is 2.49. The van der Waals surface area contributed by atoms with Crippen molar-refractivity contribution in [3.63, 3.8) is 0 Å². The van der Waals surface area contributed by atoms with Crippen molar-refractivity contribution in [3.8, 4) is 0 Å². The molecule has 1 aromatic rings. The van der Waals surface area contributed by atoms with E-state index in [1.807, 2.05) is 23.1 Å². The number of carbonyl (C=O) groups excluding carboxylic acids is 2. The summed E-state index contributed by atoms with van der Waals surface area (Å²) in [5.41, 5.74) is 1.25. The van der Waals surface area contributed by atoms with Crippen LogP contribution in [0.3, 0.4) is 0 Å². The summed E-state index contributed by atoms with van der Waals surface area (Å²) >= 11 is 0. The van der Waals surface area contributed by atoms with E-state index in [-0.39, 0.29) is 17.2 Å². The van der Waals surface area contributed by atoms with Crippen LogP contribution in [0.25, 0.3) is 0 Å². The van der Waals surface area contributed by atoms with Gasteiger partial charge in [-0.3, -0.25) is 9.59 Å². The predicted octanol–water partition coefficient (Wildman–Crippen LogP) is 2.04. The van der Waals surface area contributed by atoms with Crippen molar-refractivity contribution in [3.05, 3.63) is 35.9 Å². The maximum absolute atomic E-state index is 12.1. The largest absolute Gasteiger partial charge is 0.349 e. The Morgan fingerprint density at radius 2 is 1.95 bits per heavy atom. The maximum atomic E-state index is 12.1. The molecule has 1 aliphatic rings. The first-order chi connectivity index (χ1) is 9.92. The molecular formula is C17H24N2O2. The molecular weight excluding hydrogens is 264 g/mol. The Bertz CT molecular complexity index is 513. The van der Waals surface area contributed by atoms with Gasteiger partial charge in [0, 0.05) is 45.4 Å². The Kier molecular flexibility index (Phi) is 4.66. The van der Waals surface area contributed by atoms with Crippen LogP contribution < -0.4 is 0 Å². The number of benzene rings is 1. The summed E-state index contributed by atoms with van der Waals surface area (Å²) in [6.07, 6.45) is 1.82. The fraction of sp³-hybridized carbons (Fsp3) is 0.529. The molecule has 0 N–H and O–H groups in total. The Labute approximate surface area is 126 Å². The van der Waals surface area contributed by atoms with Crippen molar-refractivity contribution in [2.45, 2.75) is 31.6 Å². The summed E-state index contributed by atoms with van der Waals surface area (Å²) < 4.78 is 0. The quantitative estimate of drug-likeness (QED) is 0.851. The van der Waals surface area contributed by atoms with Gasteiger partial charge in [0.15, 0.2) is 0 Å². The summed E-state index contributed by atoms with van der Waals surface area (Å²) in [5, 5.41) is 0. The topological polar surface area (TPSA) is 40.6 Å². The second kappa shape index (κ2) is 6.29. The van der Waals surface area contributed by atoms with Gasteiger partial charge in [-0.25, -0.2) is 0 Å². The van der Waals surface area contributed by atoms with Gasteiger partial charge in [0.2, 0.25) is 11.8 Å². The fourth-order valence-electron chi connectivity index (χ4n) is 2.86. The minimum absolute atomic E-state index is 0.0175. The second-order valence-electron chi connectivity index (χ2n) is 6.28. The molecule has 4 heteroatoms. The normalized spacial score (nSPS) is 22.2. The molecule has 114 valence electrons. The third-order valence-electron chi connectivity index (χ3n) is 4.35. The molecule has 0 spiro atoms. The van der Waals surface area contributed by atoms with E-state index < -0.39 is 0 Å². The number of rotatable bonds is 4. The van der Waals surface area contributed by atoms with Crippen LogP contribution in [-0.4, -0.2) is 48.8 Å². The molecule has 0 radical (unpaired) electrons. The zero-order chi connectivity index (χ0) is 15.5. The van der Waals surface area contributed by atoms with Gasteiger partial charge in [-0.1, -0.05) is 37.3 Å². The molecule has 1 aliphatic heterocycles. The van der Waals surface area contributed by atoms with Crippen LogP contribution in [0.15, 0.2) is 30.3 Å². The molecule has 1 fully saturated rings. The molecule has 0 aromatic heterocycles. The molecule has 1 atom stereocenters. The van der Waals surface area contributed by atoms with Crippen LogP contribution in [0.2, 0.25) is 0 Å². The third kappa shape index (κ3) is 3.63. The fourth-order valence-corrected chi connectivity index (χ4v) is 2.86. The highest BCUT2D eigenvalue weighted by molar-refractivity contribution is 5.79. The summed E-state index contributed by atoms with van der Waals surface area (Å²) in [5.74, 6) is 0.227. The van der Waals surface area contributed by atoms with E-state index in [4.69, 9.17) is 0 Å². The first-order valence-electron chi connectivity index (χ1n) is 7.46. The van der Waals surface area contributed by atoms with Gasteiger partial charge in [-0.05, 0) is 12.0 Å². The zero-order valence-corrected chi connectivity index (χ0v) is 13.1. The number of hydrogen-bond donors (Lipinski definition) is 0. The summed E-state index contributed by atoms with van der Waals surface area (Å²) in [6.45, 7) is 3.41. The van der Waals surface area contributed by atoms with E-state index in [1.54, 1.807) is 19.0 Å². The van der Waals surface area contributed by atoms with Gasteiger partial charge in [0.05, 0.1) is 0 Å². The van der Waals surface area contributed by atoms with Gasteiger partial charge in [-0.2, -0.15) is 0 Å². The van der Waals surface area contributed by atoms with Crippen molar-refractivity contribution in [1.29, 1.82) is 0 Å². The molecule has 4 nitrogen and oxygen atoms in total. The van der Waals surface area contributed by atoms with E-state index in [0.29, 0.717) is 25.9 Å². The first kappa shape index (κ1) is 15.5. The van der Waals surface area contributed by atoms with Crippen molar-refractivity contribution in [1.82, 2.24) is 9.80 Å². The van der Waals surface area contributed by atoms with Gasteiger partial charge >= 0.3 is 0 Å². The number of carbonyl (C=O) groups is 2. The monoisotopic (exact) mass is 288 g/mol. The lowest BCUT2D eigenvalue weighted by atomic mass is 9.75. The van der Waals surface area contributed by atoms with Crippen LogP contribution in [0, 0.1) is 0 Å². The van der Waals surface area contributed by atoms with Crippen molar-refractivity contribution >= 4 is 11.8 Å². The third-order valence-corrected chi connectivity index (χ3v) is 4.35. The number of amides is 2. The van der Waals surface area contributed by atoms with Gasteiger partial charge < -0.3 is 9.80 Å². The van der Waals surface area contributed by atoms with Crippen LogP contribution >= 0.6 is 0 Å². The Balaban J connectivity index is 2.05. The lowest BCUT2D eigenvalue weighted by Crippen LogP contribution is -2.48. The standard InChI is InChI=1S/C17H24N2O2/c1-17(14-7-5-4-6-8-14)11-9-16(21)19(13-17)12-10-15(20)18(2)3/h4-8H,9-13H2,1-3H3/t17-/m0/s1. The molecule has 1 aromatic carbocycles.